The first-order valence-electron chi connectivity index (χ1n) is 20.9. The molecule has 9 heteroatoms. The summed E-state index contributed by atoms with van der Waals surface area (Å²) >= 11 is 5.92. The first-order valence-corrected chi connectivity index (χ1v) is 21.3. The summed E-state index contributed by atoms with van der Waals surface area (Å²) in [6, 6.07) is 21.2. The van der Waals surface area contributed by atoms with Crippen molar-refractivity contribution in [3.63, 3.8) is 0 Å². The number of aryl methyl sites for hydroxylation is 1. The highest BCUT2D eigenvalue weighted by molar-refractivity contribution is 6.30. The van der Waals surface area contributed by atoms with E-state index in [1.165, 1.54) is 56.9 Å². The Hall–Kier alpha value is -4.17. The van der Waals surface area contributed by atoms with E-state index in [1.807, 2.05) is 31.2 Å². The minimum absolute atomic E-state index is 0.183. The molecule has 2 saturated carbocycles. The van der Waals surface area contributed by atoms with E-state index >= 15 is 0 Å². The Kier molecular flexibility index (Phi) is 17.0. The zero-order valence-corrected chi connectivity index (χ0v) is 34.7. The third-order valence-electron chi connectivity index (χ3n) is 11.9. The molecule has 316 valence electrons. The zero-order valence-electron chi connectivity index (χ0n) is 34.0. The Morgan fingerprint density at radius 1 is 0.441 bits per heavy atom. The van der Waals surface area contributed by atoms with Gasteiger partial charge in [-0.2, -0.15) is 0 Å². The first kappa shape index (κ1) is 45.9. The molecule has 0 N–H and O–H groups in total. The number of rotatable bonds is 9. The second-order valence-electron chi connectivity index (χ2n) is 16.0. The minimum Gasteiger partial charge on any atom is -0.206 e. The molecule has 0 amide bonds. The number of benzene rings is 5. The minimum atomic E-state index is -1.68. The van der Waals surface area contributed by atoms with Crippen LogP contribution in [0.15, 0.2) is 84.9 Å². The van der Waals surface area contributed by atoms with Gasteiger partial charge in [0, 0.05) is 5.02 Å². The van der Waals surface area contributed by atoms with Gasteiger partial charge in [0.1, 0.15) is 11.6 Å². The van der Waals surface area contributed by atoms with Crippen LogP contribution >= 0.6 is 11.6 Å². The normalized spacial score (nSPS) is 19.0. The average Bonchev–Trinajstić information content (AvgIpc) is 3.23. The van der Waals surface area contributed by atoms with Crippen LogP contribution in [0.5, 0.6) is 0 Å². The molecular weight excluding hydrogens is 788 g/mol. The summed E-state index contributed by atoms with van der Waals surface area (Å²) in [4.78, 5) is 0. The van der Waals surface area contributed by atoms with E-state index in [4.69, 9.17) is 11.6 Å². The third-order valence-corrected chi connectivity index (χ3v) is 12.2. The van der Waals surface area contributed by atoms with Crippen LogP contribution < -0.4 is 0 Å². The van der Waals surface area contributed by atoms with Gasteiger partial charge in [0.2, 0.25) is 0 Å². The molecule has 2 aliphatic rings. The zero-order chi connectivity index (χ0) is 42.6. The van der Waals surface area contributed by atoms with Crippen LogP contribution in [0, 0.1) is 58.4 Å². The van der Waals surface area contributed by atoms with Crippen molar-refractivity contribution < 1.29 is 35.1 Å². The van der Waals surface area contributed by atoms with Crippen LogP contribution in [0.4, 0.5) is 35.1 Å². The molecule has 0 nitrogen and oxygen atoms in total. The number of hydrogen-bond acceptors (Lipinski definition) is 0. The highest BCUT2D eigenvalue weighted by Gasteiger charge is 2.25. The molecule has 0 unspecified atom stereocenters. The Morgan fingerprint density at radius 3 is 1.27 bits per heavy atom. The van der Waals surface area contributed by atoms with Gasteiger partial charge in [-0.25, -0.2) is 35.1 Å². The van der Waals surface area contributed by atoms with Gasteiger partial charge in [-0.3, -0.25) is 0 Å². The lowest BCUT2D eigenvalue weighted by molar-refractivity contribution is 0.307. The molecule has 0 aliphatic heterocycles. The Labute approximate surface area is 349 Å². The van der Waals surface area contributed by atoms with Gasteiger partial charge in [-0.05, 0) is 163 Å². The van der Waals surface area contributed by atoms with E-state index in [2.05, 4.69) is 26.0 Å². The van der Waals surface area contributed by atoms with Crippen molar-refractivity contribution in [2.45, 2.75) is 116 Å². The molecule has 0 bridgehead atoms. The van der Waals surface area contributed by atoms with Gasteiger partial charge in [-0.15, -0.1) is 0 Å². The molecule has 5 aromatic rings. The van der Waals surface area contributed by atoms with E-state index < -0.39 is 57.7 Å². The molecule has 5 aromatic carbocycles. The summed E-state index contributed by atoms with van der Waals surface area (Å²) in [5.74, 6) is -7.46. The Balaban J connectivity index is 0.000000174. The standard InChI is InChI=1S/C20H13F5.C15H21Cl.C15H19F3/c1-2-11-3-5-12(6-4-11)13-7-15(21)19(16(22)8-13)14-9-17(23)20(25)18(24)10-14;1-2-3-12-4-6-13(7-5-12)14-8-10-15(16)11-9-14;1-2-3-10-4-6-11(7-5-10)12-8-13(16)15(18)14(17)9-12/h3-10H,2H2,1H3;8-13H,2-7H2,1H3;8-11H,2-7H2,1H3. The van der Waals surface area contributed by atoms with Crippen LogP contribution in [0.1, 0.15) is 126 Å². The molecule has 0 heterocycles. The van der Waals surface area contributed by atoms with Crippen molar-refractivity contribution in [3.05, 3.63) is 153 Å². The van der Waals surface area contributed by atoms with Crippen LogP contribution in [0.3, 0.4) is 0 Å². The second kappa shape index (κ2) is 21.9. The average molecular weight is 841 g/mol. The fraction of sp³-hybridized carbons (Fsp3) is 0.400. The maximum Gasteiger partial charge on any atom is 0.194 e. The third kappa shape index (κ3) is 12.4. The summed E-state index contributed by atoms with van der Waals surface area (Å²) in [5.41, 5.74) is 3.08. The molecule has 0 saturated heterocycles. The van der Waals surface area contributed by atoms with Crippen molar-refractivity contribution in [2.24, 2.45) is 11.8 Å². The van der Waals surface area contributed by atoms with Gasteiger partial charge < -0.3 is 0 Å². The van der Waals surface area contributed by atoms with Crippen molar-refractivity contribution in [3.8, 4) is 22.3 Å². The molecule has 2 aliphatic carbocycles. The van der Waals surface area contributed by atoms with Crippen molar-refractivity contribution in [1.29, 1.82) is 0 Å². The summed E-state index contributed by atoms with van der Waals surface area (Å²) in [5, 5.41) is 0.850. The summed E-state index contributed by atoms with van der Waals surface area (Å²) in [6.45, 7) is 6.46. The van der Waals surface area contributed by atoms with E-state index in [0.29, 0.717) is 28.8 Å². The lowest BCUT2D eigenvalue weighted by Gasteiger charge is -2.28. The summed E-state index contributed by atoms with van der Waals surface area (Å²) in [6.07, 6.45) is 15.7. The van der Waals surface area contributed by atoms with Crippen LogP contribution in [0.25, 0.3) is 22.3 Å². The maximum absolute atomic E-state index is 14.4. The molecule has 2 fully saturated rings. The van der Waals surface area contributed by atoms with E-state index in [0.717, 1.165) is 84.7 Å². The summed E-state index contributed by atoms with van der Waals surface area (Å²) in [7, 11) is 0. The number of halogens is 9. The lowest BCUT2D eigenvalue weighted by atomic mass is 9.77. The maximum atomic E-state index is 14.4. The monoisotopic (exact) mass is 840 g/mol. The van der Waals surface area contributed by atoms with Gasteiger partial charge in [0.25, 0.3) is 0 Å². The molecule has 0 radical (unpaired) electrons. The lowest BCUT2D eigenvalue weighted by Crippen LogP contribution is -2.13. The fourth-order valence-electron chi connectivity index (χ4n) is 8.58. The molecular formula is C50H53ClF8. The molecule has 59 heavy (non-hydrogen) atoms. The highest BCUT2D eigenvalue weighted by Crippen LogP contribution is 2.39. The van der Waals surface area contributed by atoms with Crippen LogP contribution in [-0.4, -0.2) is 0 Å². The molecule has 0 aromatic heterocycles. The largest absolute Gasteiger partial charge is 0.206 e. The predicted molar refractivity (Wildman–Crippen MR) is 223 cm³/mol. The van der Waals surface area contributed by atoms with E-state index in [1.54, 1.807) is 12.1 Å². The summed E-state index contributed by atoms with van der Waals surface area (Å²) < 4.78 is 108. The molecule has 7 rings (SSSR count). The van der Waals surface area contributed by atoms with Gasteiger partial charge in [0.05, 0.1) is 5.56 Å². The first-order chi connectivity index (χ1) is 28.3. The quantitative estimate of drug-likeness (QED) is 0.102. The van der Waals surface area contributed by atoms with Gasteiger partial charge in [-0.1, -0.05) is 94.5 Å². The highest BCUT2D eigenvalue weighted by atomic mass is 35.5. The smallest absolute Gasteiger partial charge is 0.194 e. The van der Waals surface area contributed by atoms with Gasteiger partial charge in [0.15, 0.2) is 34.9 Å². The Bertz CT molecular complexity index is 2030. The van der Waals surface area contributed by atoms with Crippen molar-refractivity contribution in [1.82, 2.24) is 0 Å². The van der Waals surface area contributed by atoms with Crippen molar-refractivity contribution >= 4 is 11.6 Å². The van der Waals surface area contributed by atoms with Gasteiger partial charge >= 0.3 is 0 Å². The van der Waals surface area contributed by atoms with Crippen LogP contribution in [0.2, 0.25) is 5.02 Å². The molecule has 0 spiro atoms. The van der Waals surface area contributed by atoms with Crippen LogP contribution in [-0.2, 0) is 6.42 Å². The number of hydrogen-bond donors (Lipinski definition) is 0. The molecule has 0 atom stereocenters. The predicted octanol–water partition coefficient (Wildman–Crippen LogP) is 16.9. The fourth-order valence-corrected chi connectivity index (χ4v) is 8.71. The Morgan fingerprint density at radius 2 is 0.847 bits per heavy atom. The van der Waals surface area contributed by atoms with E-state index in [-0.39, 0.29) is 5.92 Å². The van der Waals surface area contributed by atoms with Crippen molar-refractivity contribution in [2.75, 3.05) is 0 Å². The second-order valence-corrected chi connectivity index (χ2v) is 16.4. The topological polar surface area (TPSA) is 0 Å². The van der Waals surface area contributed by atoms with E-state index in [9.17, 15) is 35.1 Å². The SMILES string of the molecule is CCCC1CCC(c2cc(F)c(F)c(F)c2)CC1.CCCC1CCC(c2ccc(Cl)cc2)CC1.CCc1ccc(-c2cc(F)c(-c3cc(F)c(F)c(F)c3)c(F)c2)cc1.